The summed E-state index contributed by atoms with van der Waals surface area (Å²) in [4.78, 5) is 26.4. The van der Waals surface area contributed by atoms with E-state index in [4.69, 9.17) is 4.98 Å². The topological polar surface area (TPSA) is 58.1 Å². The monoisotopic (exact) mass is 496 g/mol. The molecule has 2 aliphatic rings. The first-order valence-electron chi connectivity index (χ1n) is 13.1. The summed E-state index contributed by atoms with van der Waals surface area (Å²) < 4.78 is 0. The first kappa shape index (κ1) is 23.3. The Morgan fingerprint density at radius 2 is 1.86 bits per heavy atom. The molecule has 36 heavy (non-hydrogen) atoms. The number of aromatic nitrogens is 2. The van der Waals surface area contributed by atoms with Gasteiger partial charge in [0.05, 0.1) is 11.2 Å². The highest BCUT2D eigenvalue weighted by molar-refractivity contribution is 7.15. The van der Waals surface area contributed by atoms with E-state index in [-0.39, 0.29) is 11.9 Å². The maximum absolute atomic E-state index is 13.0. The summed E-state index contributed by atoms with van der Waals surface area (Å²) >= 11 is 1.86. The Balaban J connectivity index is 0.980. The second-order valence-electron chi connectivity index (χ2n) is 10.1. The zero-order chi connectivity index (χ0) is 24.3. The summed E-state index contributed by atoms with van der Waals surface area (Å²) in [5.74, 6) is 0.774. The van der Waals surface area contributed by atoms with Crippen LogP contribution in [0.5, 0.6) is 0 Å². The largest absolute Gasteiger partial charge is 0.349 e. The molecule has 2 aromatic carbocycles. The lowest BCUT2D eigenvalue weighted by Crippen LogP contribution is -2.38. The molecule has 1 N–H and O–H groups in total. The molecule has 0 atom stereocenters. The first-order chi connectivity index (χ1) is 17.7. The minimum Gasteiger partial charge on any atom is -0.349 e. The van der Waals surface area contributed by atoms with Crippen molar-refractivity contribution in [3.8, 4) is 10.6 Å². The standard InChI is InChI=1S/C30H32N4OS/c35-29(25-8-4-10-26-24(25)9-5-17-31-26)32-23-13-11-21(12-14-23)15-18-34-19-16-28-27(20-34)33-30(36-28)22-6-2-1-3-7-22/h1-10,17,21,23H,11-16,18-20H2,(H,32,35). The van der Waals surface area contributed by atoms with Gasteiger partial charge in [-0.05, 0) is 69.2 Å². The average molecular weight is 497 g/mol. The van der Waals surface area contributed by atoms with Crippen molar-refractivity contribution in [2.75, 3.05) is 13.1 Å². The van der Waals surface area contributed by atoms with E-state index in [1.54, 1.807) is 6.20 Å². The van der Waals surface area contributed by atoms with Crippen molar-refractivity contribution in [3.05, 3.63) is 83.0 Å². The van der Waals surface area contributed by atoms with Crippen molar-refractivity contribution < 1.29 is 4.79 Å². The highest BCUT2D eigenvalue weighted by atomic mass is 32.1. The Morgan fingerprint density at radius 1 is 1.00 bits per heavy atom. The van der Waals surface area contributed by atoms with Crippen LogP contribution in [-0.4, -0.2) is 39.9 Å². The number of carbonyl (C=O) groups is 1. The molecule has 1 saturated carbocycles. The molecule has 184 valence electrons. The minimum absolute atomic E-state index is 0.0271. The fourth-order valence-corrected chi connectivity index (χ4v) is 6.74. The lowest BCUT2D eigenvalue weighted by Gasteiger charge is -2.32. The van der Waals surface area contributed by atoms with E-state index >= 15 is 0 Å². The number of nitrogens with zero attached hydrogens (tertiary/aromatic N) is 3. The Kier molecular flexibility index (Phi) is 6.79. The molecule has 4 aromatic rings. The Hall–Kier alpha value is -3.09. The van der Waals surface area contributed by atoms with Crippen LogP contribution in [0.3, 0.4) is 0 Å². The van der Waals surface area contributed by atoms with E-state index in [9.17, 15) is 4.79 Å². The Bertz CT molecular complexity index is 1340. The molecule has 0 unspecified atom stereocenters. The van der Waals surface area contributed by atoms with Gasteiger partial charge in [-0.1, -0.05) is 42.5 Å². The number of hydrogen-bond acceptors (Lipinski definition) is 5. The Morgan fingerprint density at radius 3 is 2.72 bits per heavy atom. The molecule has 0 saturated heterocycles. The average Bonchev–Trinajstić information content (AvgIpc) is 3.36. The number of nitrogens with one attached hydrogen (secondary N) is 1. The first-order valence-corrected chi connectivity index (χ1v) is 14.0. The molecule has 3 heterocycles. The van der Waals surface area contributed by atoms with Gasteiger partial charge in [-0.3, -0.25) is 14.7 Å². The van der Waals surface area contributed by atoms with Gasteiger partial charge < -0.3 is 5.32 Å². The summed E-state index contributed by atoms with van der Waals surface area (Å²) in [5, 5.41) is 5.37. The van der Waals surface area contributed by atoms with E-state index in [2.05, 4.69) is 45.5 Å². The summed E-state index contributed by atoms with van der Waals surface area (Å²) in [6.45, 7) is 3.25. The van der Waals surface area contributed by atoms with E-state index in [1.165, 1.54) is 35.4 Å². The van der Waals surface area contributed by atoms with Crippen LogP contribution in [0.25, 0.3) is 21.5 Å². The highest BCUT2D eigenvalue weighted by Crippen LogP contribution is 2.32. The van der Waals surface area contributed by atoms with Crippen molar-refractivity contribution >= 4 is 28.1 Å². The van der Waals surface area contributed by atoms with Crippen molar-refractivity contribution in [3.63, 3.8) is 0 Å². The quantitative estimate of drug-likeness (QED) is 0.351. The molecule has 6 heteroatoms. The van der Waals surface area contributed by atoms with E-state index < -0.39 is 0 Å². The van der Waals surface area contributed by atoms with Gasteiger partial charge in [0, 0.05) is 46.7 Å². The Labute approximate surface area is 216 Å². The van der Waals surface area contributed by atoms with Crippen LogP contribution >= 0.6 is 11.3 Å². The summed E-state index contributed by atoms with van der Waals surface area (Å²) in [6.07, 6.45) is 8.63. The maximum Gasteiger partial charge on any atom is 0.252 e. The van der Waals surface area contributed by atoms with Gasteiger partial charge in [-0.15, -0.1) is 11.3 Å². The van der Waals surface area contributed by atoms with Gasteiger partial charge in [-0.25, -0.2) is 4.98 Å². The summed E-state index contributed by atoms with van der Waals surface area (Å²) in [7, 11) is 0. The number of fused-ring (bicyclic) bond motifs is 2. The molecule has 6 rings (SSSR count). The maximum atomic E-state index is 13.0. The molecule has 1 amide bonds. The predicted octanol–water partition coefficient (Wildman–Crippen LogP) is 6.10. The van der Waals surface area contributed by atoms with Crippen LogP contribution in [0.4, 0.5) is 0 Å². The lowest BCUT2D eigenvalue weighted by molar-refractivity contribution is 0.0921. The fourth-order valence-electron chi connectivity index (χ4n) is 5.67. The zero-order valence-electron chi connectivity index (χ0n) is 20.5. The highest BCUT2D eigenvalue weighted by Gasteiger charge is 2.25. The molecule has 1 aliphatic heterocycles. The number of rotatable bonds is 6. The number of benzene rings is 2. The van der Waals surface area contributed by atoms with Gasteiger partial charge in [0.2, 0.25) is 0 Å². The van der Waals surface area contributed by atoms with Gasteiger partial charge in [0.15, 0.2) is 0 Å². The van der Waals surface area contributed by atoms with Crippen LogP contribution in [0, 0.1) is 5.92 Å². The van der Waals surface area contributed by atoms with Crippen molar-refractivity contribution in [2.45, 2.75) is 51.1 Å². The minimum atomic E-state index is 0.0271. The molecule has 0 radical (unpaired) electrons. The second kappa shape index (κ2) is 10.5. The number of pyridine rings is 1. The van der Waals surface area contributed by atoms with Gasteiger partial charge in [0.25, 0.3) is 5.91 Å². The van der Waals surface area contributed by atoms with Crippen LogP contribution in [-0.2, 0) is 13.0 Å². The molecule has 0 spiro atoms. The molecular formula is C30H32N4OS. The smallest absolute Gasteiger partial charge is 0.252 e. The van der Waals surface area contributed by atoms with Crippen molar-refractivity contribution in [2.24, 2.45) is 5.92 Å². The molecule has 5 nitrogen and oxygen atoms in total. The van der Waals surface area contributed by atoms with Gasteiger partial charge in [-0.2, -0.15) is 0 Å². The van der Waals surface area contributed by atoms with Crippen LogP contribution < -0.4 is 5.32 Å². The lowest BCUT2D eigenvalue weighted by atomic mass is 9.84. The number of thiazole rings is 1. The summed E-state index contributed by atoms with van der Waals surface area (Å²) in [5.41, 5.74) is 4.10. The number of carbonyl (C=O) groups excluding carboxylic acids is 1. The number of amides is 1. The molecule has 1 aliphatic carbocycles. The van der Waals surface area contributed by atoms with E-state index in [0.717, 1.165) is 66.3 Å². The number of hydrogen-bond donors (Lipinski definition) is 1. The zero-order valence-corrected chi connectivity index (χ0v) is 21.3. The van der Waals surface area contributed by atoms with Crippen molar-refractivity contribution in [1.82, 2.24) is 20.2 Å². The summed E-state index contributed by atoms with van der Waals surface area (Å²) in [6, 6.07) is 20.5. The fraction of sp³-hybridized carbons (Fsp3) is 0.367. The SMILES string of the molecule is O=C(NC1CCC(CCN2CCc3sc(-c4ccccc4)nc3C2)CC1)c1cccc2ncccc12. The van der Waals surface area contributed by atoms with E-state index in [1.807, 2.05) is 41.7 Å². The predicted molar refractivity (Wildman–Crippen MR) is 146 cm³/mol. The van der Waals surface area contributed by atoms with Crippen LogP contribution in [0.2, 0.25) is 0 Å². The molecular weight excluding hydrogens is 464 g/mol. The van der Waals surface area contributed by atoms with E-state index in [0.29, 0.717) is 0 Å². The van der Waals surface area contributed by atoms with Crippen molar-refractivity contribution in [1.29, 1.82) is 0 Å². The molecule has 1 fully saturated rings. The third-order valence-corrected chi connectivity index (χ3v) is 8.96. The third kappa shape index (κ3) is 5.06. The third-order valence-electron chi connectivity index (χ3n) is 7.75. The van der Waals surface area contributed by atoms with Gasteiger partial charge in [0.1, 0.15) is 5.01 Å². The molecule has 2 aromatic heterocycles. The normalized spacial score (nSPS) is 20.2. The molecule has 0 bridgehead atoms. The van der Waals surface area contributed by atoms with Crippen LogP contribution in [0.1, 0.15) is 53.0 Å². The second-order valence-corrected chi connectivity index (χ2v) is 11.2. The van der Waals surface area contributed by atoms with Gasteiger partial charge >= 0.3 is 0 Å². The van der Waals surface area contributed by atoms with Crippen LogP contribution in [0.15, 0.2) is 66.9 Å².